The highest BCUT2D eigenvalue weighted by Gasteiger charge is 2.20. The molecule has 1 rings (SSSR count). The Morgan fingerprint density at radius 3 is 2.44 bits per heavy atom. The van der Waals surface area contributed by atoms with E-state index in [1.165, 1.54) is 19.3 Å². The highest BCUT2D eigenvalue weighted by molar-refractivity contribution is 7.80. The van der Waals surface area contributed by atoms with Crippen molar-refractivity contribution in [2.24, 2.45) is 5.92 Å². The molecule has 2 heteroatoms. The summed E-state index contributed by atoms with van der Waals surface area (Å²) in [6.45, 7) is 0. The van der Waals surface area contributed by atoms with Gasteiger partial charge in [-0.15, -0.1) is 0 Å². The van der Waals surface area contributed by atoms with Gasteiger partial charge < -0.3 is 5.11 Å². The fourth-order valence-corrected chi connectivity index (χ4v) is 1.83. The predicted octanol–water partition coefficient (Wildman–Crippen LogP) is 1.47. The minimum absolute atomic E-state index is 0.0590. The fraction of sp³-hybridized carbons (Fsp3) is 1.00. The van der Waals surface area contributed by atoms with E-state index in [1.54, 1.807) is 0 Å². The van der Waals surface area contributed by atoms with Gasteiger partial charge in [0.05, 0.1) is 6.10 Å². The van der Waals surface area contributed by atoms with Crippen LogP contribution in [0.2, 0.25) is 0 Å². The van der Waals surface area contributed by atoms with Gasteiger partial charge in [-0.1, -0.05) is 12.8 Å². The van der Waals surface area contributed by atoms with E-state index in [4.69, 9.17) is 0 Å². The minimum Gasteiger partial charge on any atom is -0.393 e. The lowest BCUT2D eigenvalue weighted by molar-refractivity contribution is 0.0818. The van der Waals surface area contributed by atoms with Gasteiger partial charge in [0.25, 0.3) is 0 Å². The van der Waals surface area contributed by atoms with Gasteiger partial charge in [-0.25, -0.2) is 0 Å². The second-order valence-electron chi connectivity index (χ2n) is 2.79. The molecule has 0 aromatic heterocycles. The molecule has 0 amide bonds. The first kappa shape index (κ1) is 7.42. The molecule has 9 heavy (non-hydrogen) atoms. The van der Waals surface area contributed by atoms with Crippen molar-refractivity contribution in [1.82, 2.24) is 0 Å². The third-order valence-corrected chi connectivity index (χ3v) is 2.57. The third kappa shape index (κ3) is 1.87. The van der Waals surface area contributed by atoms with Crippen LogP contribution < -0.4 is 0 Å². The van der Waals surface area contributed by atoms with Crippen LogP contribution in [0.5, 0.6) is 0 Å². The Hall–Kier alpha value is 0.310. The number of aliphatic hydroxyl groups is 1. The lowest BCUT2D eigenvalue weighted by atomic mass is 9.88. The molecule has 0 spiro atoms. The Kier molecular flexibility index (Phi) is 2.86. The summed E-state index contributed by atoms with van der Waals surface area (Å²) in [5.74, 6) is 1.32. The second-order valence-corrected chi connectivity index (χ2v) is 3.16. The van der Waals surface area contributed by atoms with Gasteiger partial charge in [0.2, 0.25) is 0 Å². The Morgan fingerprint density at radius 1 is 1.33 bits per heavy atom. The molecule has 1 unspecified atom stereocenters. The Bertz CT molecular complexity index is 85.0. The van der Waals surface area contributed by atoms with Crippen molar-refractivity contribution in [2.75, 3.05) is 5.75 Å². The normalized spacial score (nSPS) is 36.7. The first-order valence-electron chi connectivity index (χ1n) is 3.63. The Morgan fingerprint density at radius 2 is 2.00 bits per heavy atom. The molecule has 0 heterocycles. The first-order chi connectivity index (χ1) is 4.34. The first-order valence-corrected chi connectivity index (χ1v) is 4.26. The summed E-state index contributed by atoms with van der Waals surface area (Å²) in [5.41, 5.74) is 0. The van der Waals surface area contributed by atoms with E-state index in [1.807, 2.05) is 0 Å². The largest absolute Gasteiger partial charge is 0.393 e. The zero-order chi connectivity index (χ0) is 6.69. The van der Waals surface area contributed by atoms with Gasteiger partial charge in [-0.05, 0) is 24.5 Å². The highest BCUT2D eigenvalue weighted by atomic mass is 32.1. The molecule has 0 aliphatic heterocycles. The lowest BCUT2D eigenvalue weighted by Crippen LogP contribution is -2.25. The van der Waals surface area contributed by atoms with E-state index in [0.29, 0.717) is 5.92 Å². The molecule has 1 aliphatic rings. The van der Waals surface area contributed by atoms with E-state index in [9.17, 15) is 5.11 Å². The lowest BCUT2D eigenvalue weighted by Gasteiger charge is -2.25. The maximum absolute atomic E-state index is 9.32. The summed E-state index contributed by atoms with van der Waals surface area (Å²) in [7, 11) is 0. The summed E-state index contributed by atoms with van der Waals surface area (Å²) < 4.78 is 0. The van der Waals surface area contributed by atoms with Crippen molar-refractivity contribution in [3.05, 3.63) is 0 Å². The maximum Gasteiger partial charge on any atom is 0.0576 e. The molecule has 0 aromatic carbocycles. The second kappa shape index (κ2) is 3.47. The highest BCUT2D eigenvalue weighted by Crippen LogP contribution is 2.24. The van der Waals surface area contributed by atoms with E-state index < -0.39 is 0 Å². The van der Waals surface area contributed by atoms with Crippen molar-refractivity contribution >= 4 is 12.6 Å². The standard InChI is InChI=1S/C7H14OS/c8-7-4-2-1-3-6(7)5-9/h6-9H,1-5H2/t6-,7?/m0/s1. The summed E-state index contributed by atoms with van der Waals surface area (Å²) in [6, 6.07) is 0. The van der Waals surface area contributed by atoms with Crippen LogP contribution in [0.4, 0.5) is 0 Å². The zero-order valence-electron chi connectivity index (χ0n) is 5.58. The van der Waals surface area contributed by atoms with Gasteiger partial charge in [-0.2, -0.15) is 12.6 Å². The average molecular weight is 146 g/mol. The molecule has 0 saturated heterocycles. The average Bonchev–Trinajstić information content (AvgIpc) is 1.89. The predicted molar refractivity (Wildman–Crippen MR) is 41.8 cm³/mol. The van der Waals surface area contributed by atoms with Gasteiger partial charge in [0.1, 0.15) is 0 Å². The summed E-state index contributed by atoms with van der Waals surface area (Å²) in [5, 5.41) is 9.32. The summed E-state index contributed by atoms with van der Waals surface area (Å²) in [6.07, 6.45) is 4.58. The van der Waals surface area contributed by atoms with Crippen molar-refractivity contribution < 1.29 is 5.11 Å². The molecule has 1 saturated carbocycles. The number of aliphatic hydroxyl groups excluding tert-OH is 1. The molecule has 1 fully saturated rings. The van der Waals surface area contributed by atoms with Crippen LogP contribution in [0.1, 0.15) is 25.7 Å². The molecule has 1 N–H and O–H groups in total. The molecular weight excluding hydrogens is 132 g/mol. The van der Waals surface area contributed by atoms with Crippen LogP contribution in [0.3, 0.4) is 0 Å². The van der Waals surface area contributed by atoms with Gasteiger partial charge in [0.15, 0.2) is 0 Å². The maximum atomic E-state index is 9.32. The SMILES string of the molecule is OC1CCCC[C@H]1CS. The van der Waals surface area contributed by atoms with E-state index in [0.717, 1.165) is 12.2 Å². The monoisotopic (exact) mass is 146 g/mol. The van der Waals surface area contributed by atoms with Crippen LogP contribution in [-0.4, -0.2) is 17.0 Å². The van der Waals surface area contributed by atoms with Crippen molar-refractivity contribution in [3.8, 4) is 0 Å². The summed E-state index contributed by atoms with van der Waals surface area (Å²) in [4.78, 5) is 0. The Labute approximate surface area is 61.9 Å². The number of thiol groups is 1. The van der Waals surface area contributed by atoms with E-state index in [2.05, 4.69) is 12.6 Å². The van der Waals surface area contributed by atoms with Crippen LogP contribution in [-0.2, 0) is 0 Å². The molecule has 1 nitrogen and oxygen atoms in total. The van der Waals surface area contributed by atoms with Crippen molar-refractivity contribution in [1.29, 1.82) is 0 Å². The molecule has 0 bridgehead atoms. The zero-order valence-corrected chi connectivity index (χ0v) is 6.48. The van der Waals surface area contributed by atoms with Crippen LogP contribution in [0, 0.1) is 5.92 Å². The smallest absolute Gasteiger partial charge is 0.0576 e. The van der Waals surface area contributed by atoms with Gasteiger partial charge in [0, 0.05) is 0 Å². The van der Waals surface area contributed by atoms with E-state index >= 15 is 0 Å². The minimum atomic E-state index is -0.0590. The third-order valence-electron chi connectivity index (χ3n) is 2.10. The fourth-order valence-electron chi connectivity index (χ4n) is 1.40. The molecule has 54 valence electrons. The molecule has 1 aliphatic carbocycles. The molecule has 0 radical (unpaired) electrons. The molecular formula is C7H14OS. The Balaban J connectivity index is 2.30. The van der Waals surface area contributed by atoms with Gasteiger partial charge >= 0.3 is 0 Å². The van der Waals surface area contributed by atoms with Crippen LogP contribution in [0.15, 0.2) is 0 Å². The van der Waals surface area contributed by atoms with Crippen LogP contribution in [0.25, 0.3) is 0 Å². The topological polar surface area (TPSA) is 20.2 Å². The number of hydrogen-bond acceptors (Lipinski definition) is 2. The number of hydrogen-bond donors (Lipinski definition) is 2. The molecule has 0 aromatic rings. The summed E-state index contributed by atoms with van der Waals surface area (Å²) >= 11 is 4.16. The number of rotatable bonds is 1. The van der Waals surface area contributed by atoms with Crippen molar-refractivity contribution in [2.45, 2.75) is 31.8 Å². The van der Waals surface area contributed by atoms with Crippen LogP contribution >= 0.6 is 12.6 Å². The van der Waals surface area contributed by atoms with Crippen molar-refractivity contribution in [3.63, 3.8) is 0 Å². The quantitative estimate of drug-likeness (QED) is 0.537. The van der Waals surface area contributed by atoms with Gasteiger partial charge in [-0.3, -0.25) is 0 Å². The molecule has 2 atom stereocenters. The van der Waals surface area contributed by atoms with E-state index in [-0.39, 0.29) is 6.10 Å².